The Morgan fingerprint density at radius 2 is 2.20 bits per heavy atom. The van der Waals surface area contributed by atoms with Crippen molar-refractivity contribution in [3.63, 3.8) is 0 Å². The standard InChI is InChI=1S/C13H11BO/c1-8-5-6-9-12(7-8)15-11-4-2-3-10(14)13(9)11/h4-7H,2-3H2,1H3. The van der Waals surface area contributed by atoms with Gasteiger partial charge in [-0.1, -0.05) is 12.1 Å². The molecule has 2 heteroatoms. The van der Waals surface area contributed by atoms with Gasteiger partial charge in [-0.05, 0) is 37.5 Å². The molecule has 1 nitrogen and oxygen atoms in total. The quantitative estimate of drug-likeness (QED) is 0.580. The van der Waals surface area contributed by atoms with Crippen LogP contribution in [0.5, 0.6) is 0 Å². The first-order chi connectivity index (χ1) is 7.25. The third-order valence-corrected chi connectivity index (χ3v) is 2.94. The van der Waals surface area contributed by atoms with Gasteiger partial charge in [-0.3, -0.25) is 0 Å². The molecule has 1 heterocycles. The molecule has 2 aromatic rings. The number of rotatable bonds is 0. The normalized spacial score (nSPS) is 15.1. The van der Waals surface area contributed by atoms with E-state index in [4.69, 9.17) is 12.3 Å². The molecule has 0 unspecified atom stereocenters. The molecule has 0 spiro atoms. The molecule has 0 atom stereocenters. The topological polar surface area (TPSA) is 13.1 Å². The highest BCUT2D eigenvalue weighted by Gasteiger charge is 2.08. The summed E-state index contributed by atoms with van der Waals surface area (Å²) in [6.07, 6.45) is 4.05. The molecular formula is C13H11BO. The number of hydrogen-bond donors (Lipinski definition) is 0. The van der Waals surface area contributed by atoms with Gasteiger partial charge in [0.25, 0.3) is 0 Å². The predicted octanol–water partition coefficient (Wildman–Crippen LogP) is 1.59. The molecule has 2 radical (unpaired) electrons. The Kier molecular flexibility index (Phi) is 1.78. The largest absolute Gasteiger partial charge is 0.456 e. The van der Waals surface area contributed by atoms with Gasteiger partial charge in [0.05, 0.1) is 0 Å². The summed E-state index contributed by atoms with van der Waals surface area (Å²) < 4.78 is 5.79. The summed E-state index contributed by atoms with van der Waals surface area (Å²) in [7, 11) is 6.03. The fourth-order valence-electron chi connectivity index (χ4n) is 2.18. The highest BCUT2D eigenvalue weighted by molar-refractivity contribution is 6.38. The van der Waals surface area contributed by atoms with Crippen molar-refractivity contribution in [3.05, 3.63) is 34.4 Å². The minimum atomic E-state index is 0.940. The SMILES string of the molecule is [B]C1=c2c(oc3cc(C)ccc23)=CCC1. The Bertz CT molecular complexity index is 649. The van der Waals surface area contributed by atoms with Crippen molar-refractivity contribution < 1.29 is 4.42 Å². The summed E-state index contributed by atoms with van der Waals surface area (Å²) >= 11 is 0. The van der Waals surface area contributed by atoms with Gasteiger partial charge in [0.1, 0.15) is 18.8 Å². The minimum absolute atomic E-state index is 0.940. The summed E-state index contributed by atoms with van der Waals surface area (Å²) in [6, 6.07) is 6.26. The fourth-order valence-corrected chi connectivity index (χ4v) is 2.18. The molecule has 1 aromatic heterocycles. The molecule has 3 rings (SSSR count). The first-order valence-corrected chi connectivity index (χ1v) is 5.24. The van der Waals surface area contributed by atoms with Crippen molar-refractivity contribution in [2.24, 2.45) is 0 Å². The van der Waals surface area contributed by atoms with E-state index in [1.807, 2.05) is 0 Å². The second-order valence-electron chi connectivity index (χ2n) is 4.11. The smallest absolute Gasteiger partial charge is 0.135 e. The maximum Gasteiger partial charge on any atom is 0.135 e. The van der Waals surface area contributed by atoms with Crippen molar-refractivity contribution in [2.75, 3.05) is 0 Å². The first kappa shape index (κ1) is 8.84. The van der Waals surface area contributed by atoms with Crippen LogP contribution in [0.2, 0.25) is 0 Å². The van der Waals surface area contributed by atoms with Gasteiger partial charge in [-0.25, -0.2) is 0 Å². The molecule has 0 saturated carbocycles. The van der Waals surface area contributed by atoms with E-state index >= 15 is 0 Å². The zero-order chi connectivity index (χ0) is 10.4. The molecule has 0 saturated heterocycles. The van der Waals surface area contributed by atoms with Gasteiger partial charge in [0.2, 0.25) is 0 Å². The van der Waals surface area contributed by atoms with Crippen LogP contribution in [0.25, 0.3) is 22.5 Å². The zero-order valence-electron chi connectivity index (χ0n) is 8.71. The number of benzene rings is 1. The lowest BCUT2D eigenvalue weighted by molar-refractivity contribution is 0.571. The Morgan fingerprint density at radius 3 is 3.07 bits per heavy atom. The molecule has 0 bridgehead atoms. The van der Waals surface area contributed by atoms with Crippen LogP contribution in [0, 0.1) is 6.92 Å². The molecule has 1 aliphatic carbocycles. The van der Waals surface area contributed by atoms with E-state index in [1.165, 1.54) is 5.56 Å². The van der Waals surface area contributed by atoms with Crippen LogP contribution in [0.4, 0.5) is 0 Å². The maximum atomic E-state index is 6.03. The lowest BCUT2D eigenvalue weighted by Gasteiger charge is -2.01. The van der Waals surface area contributed by atoms with Crippen LogP contribution in [0.3, 0.4) is 0 Å². The number of hydrogen-bond acceptors (Lipinski definition) is 1. The van der Waals surface area contributed by atoms with E-state index in [9.17, 15) is 0 Å². The van der Waals surface area contributed by atoms with E-state index in [2.05, 4.69) is 31.2 Å². The van der Waals surface area contributed by atoms with Crippen LogP contribution < -0.4 is 10.6 Å². The Labute approximate surface area is 89.5 Å². The summed E-state index contributed by atoms with van der Waals surface area (Å²) in [5.74, 6) is 0. The third kappa shape index (κ3) is 1.24. The van der Waals surface area contributed by atoms with Gasteiger partial charge >= 0.3 is 0 Å². The lowest BCUT2D eigenvalue weighted by atomic mass is 9.86. The van der Waals surface area contributed by atoms with Crippen LogP contribution in [0.1, 0.15) is 18.4 Å². The second kappa shape index (κ2) is 3.03. The molecule has 1 aromatic carbocycles. The number of aryl methyl sites for hydroxylation is 1. The first-order valence-electron chi connectivity index (χ1n) is 5.24. The van der Waals surface area contributed by atoms with Crippen LogP contribution >= 0.6 is 0 Å². The average Bonchev–Trinajstić information content (AvgIpc) is 2.56. The lowest BCUT2D eigenvalue weighted by Crippen LogP contribution is -2.26. The van der Waals surface area contributed by atoms with Gasteiger partial charge in [-0.15, -0.1) is 5.47 Å². The van der Waals surface area contributed by atoms with Crippen LogP contribution in [-0.2, 0) is 0 Å². The van der Waals surface area contributed by atoms with Gasteiger partial charge < -0.3 is 4.42 Å². The van der Waals surface area contributed by atoms with Crippen molar-refractivity contribution in [3.8, 4) is 0 Å². The Hall–Kier alpha value is -1.44. The van der Waals surface area contributed by atoms with Crippen molar-refractivity contribution in [2.45, 2.75) is 19.8 Å². The summed E-state index contributed by atoms with van der Waals surface area (Å²) in [5, 5.41) is 2.25. The Morgan fingerprint density at radius 1 is 1.33 bits per heavy atom. The van der Waals surface area contributed by atoms with Gasteiger partial charge in [0, 0.05) is 10.6 Å². The van der Waals surface area contributed by atoms with E-state index in [1.54, 1.807) is 0 Å². The molecular weight excluding hydrogens is 183 g/mol. The van der Waals surface area contributed by atoms with Crippen molar-refractivity contribution in [1.82, 2.24) is 0 Å². The second-order valence-corrected chi connectivity index (χ2v) is 4.11. The number of fused-ring (bicyclic) bond motifs is 3. The van der Waals surface area contributed by atoms with E-state index in [0.29, 0.717) is 0 Å². The monoisotopic (exact) mass is 194 g/mol. The molecule has 15 heavy (non-hydrogen) atoms. The van der Waals surface area contributed by atoms with E-state index in [0.717, 1.165) is 39.9 Å². The maximum absolute atomic E-state index is 6.03. The zero-order valence-corrected chi connectivity index (χ0v) is 8.71. The summed E-state index contributed by atoms with van der Waals surface area (Å²) in [4.78, 5) is 0. The van der Waals surface area contributed by atoms with Gasteiger partial charge in [0.15, 0.2) is 0 Å². The predicted molar refractivity (Wildman–Crippen MR) is 63.1 cm³/mol. The number of furan rings is 1. The molecule has 0 N–H and O–H groups in total. The highest BCUT2D eigenvalue weighted by atomic mass is 16.3. The van der Waals surface area contributed by atoms with Gasteiger partial charge in [-0.2, -0.15) is 0 Å². The average molecular weight is 194 g/mol. The Balaban J connectivity index is 2.59. The minimum Gasteiger partial charge on any atom is -0.456 e. The highest BCUT2D eigenvalue weighted by Crippen LogP contribution is 2.14. The van der Waals surface area contributed by atoms with E-state index < -0.39 is 0 Å². The molecule has 0 aliphatic heterocycles. The summed E-state index contributed by atoms with van der Waals surface area (Å²) in [5.41, 5.74) is 4.06. The molecule has 1 aliphatic rings. The molecule has 0 amide bonds. The molecule has 0 fully saturated rings. The van der Waals surface area contributed by atoms with Crippen LogP contribution in [-0.4, -0.2) is 7.85 Å². The fraction of sp³-hybridized carbons (Fsp3) is 0.231. The third-order valence-electron chi connectivity index (χ3n) is 2.94. The van der Waals surface area contributed by atoms with E-state index in [-0.39, 0.29) is 0 Å². The molecule has 72 valence electrons. The van der Waals surface area contributed by atoms with Crippen molar-refractivity contribution in [1.29, 1.82) is 0 Å². The summed E-state index contributed by atoms with van der Waals surface area (Å²) in [6.45, 7) is 2.07. The van der Waals surface area contributed by atoms with Crippen LogP contribution in [0.15, 0.2) is 22.6 Å². The van der Waals surface area contributed by atoms with Crippen molar-refractivity contribution >= 4 is 30.4 Å².